The normalized spacial score (nSPS) is 22.3. The molecule has 2 unspecified atom stereocenters. The highest BCUT2D eigenvalue weighted by Gasteiger charge is 2.26. The smallest absolute Gasteiger partial charge is 0.129 e. The largest absolute Gasteiger partial charge is 0.311 e. The second-order valence-corrected chi connectivity index (χ2v) is 4.12. The van der Waals surface area contributed by atoms with Gasteiger partial charge in [-0.25, -0.2) is 13.2 Å². The maximum atomic E-state index is 13.8. The van der Waals surface area contributed by atoms with E-state index in [0.29, 0.717) is 0 Å². The molecule has 1 aromatic carbocycles. The van der Waals surface area contributed by atoms with E-state index in [-0.39, 0.29) is 18.0 Å². The van der Waals surface area contributed by atoms with E-state index in [9.17, 15) is 13.2 Å². The van der Waals surface area contributed by atoms with Crippen molar-refractivity contribution in [3.63, 3.8) is 0 Å². The van der Waals surface area contributed by atoms with Gasteiger partial charge in [0, 0.05) is 18.0 Å². The van der Waals surface area contributed by atoms with Crippen LogP contribution in [0.1, 0.15) is 18.4 Å². The van der Waals surface area contributed by atoms with E-state index < -0.39 is 17.8 Å². The van der Waals surface area contributed by atoms with Crippen LogP contribution in [0.15, 0.2) is 18.2 Å². The van der Waals surface area contributed by atoms with Gasteiger partial charge < -0.3 is 5.32 Å². The zero-order valence-electron chi connectivity index (χ0n) is 8.85. The van der Waals surface area contributed by atoms with E-state index in [1.807, 2.05) is 0 Å². The molecule has 1 N–H and O–H groups in total. The van der Waals surface area contributed by atoms with Crippen molar-refractivity contribution in [3.05, 3.63) is 35.4 Å². The van der Waals surface area contributed by atoms with Crippen LogP contribution in [0.25, 0.3) is 0 Å². The molecule has 1 aliphatic rings. The maximum Gasteiger partial charge on any atom is 0.129 e. The first-order valence-corrected chi connectivity index (χ1v) is 5.49. The highest BCUT2D eigenvalue weighted by atomic mass is 19.1. The summed E-state index contributed by atoms with van der Waals surface area (Å²) in [5.41, 5.74) is -0.149. The molecular weight excluding hydrogens is 215 g/mol. The predicted molar refractivity (Wildman–Crippen MR) is 56.0 cm³/mol. The molecule has 0 saturated carbocycles. The van der Waals surface area contributed by atoms with Crippen molar-refractivity contribution in [2.24, 2.45) is 0 Å². The molecule has 0 amide bonds. The van der Waals surface area contributed by atoms with Crippen LogP contribution in [0.5, 0.6) is 0 Å². The van der Waals surface area contributed by atoms with Gasteiger partial charge >= 0.3 is 0 Å². The first-order valence-electron chi connectivity index (χ1n) is 5.49. The van der Waals surface area contributed by atoms with E-state index in [2.05, 4.69) is 5.32 Å². The van der Waals surface area contributed by atoms with Crippen LogP contribution < -0.4 is 5.32 Å². The van der Waals surface area contributed by atoms with Crippen molar-refractivity contribution in [1.82, 2.24) is 5.32 Å². The van der Waals surface area contributed by atoms with Crippen molar-refractivity contribution < 1.29 is 13.2 Å². The lowest BCUT2D eigenvalue weighted by molar-refractivity contribution is 0.259. The van der Waals surface area contributed by atoms with Crippen LogP contribution in [0.4, 0.5) is 13.2 Å². The predicted octanol–water partition coefficient (Wildman–Crippen LogP) is 2.60. The number of benzene rings is 1. The molecule has 1 aromatic rings. The zero-order chi connectivity index (χ0) is 11.5. The van der Waals surface area contributed by atoms with Crippen molar-refractivity contribution in [2.75, 3.05) is 6.54 Å². The van der Waals surface area contributed by atoms with Crippen molar-refractivity contribution in [2.45, 2.75) is 31.5 Å². The first-order chi connectivity index (χ1) is 7.68. The molecule has 4 heteroatoms. The van der Waals surface area contributed by atoms with Crippen LogP contribution in [-0.4, -0.2) is 18.8 Å². The van der Waals surface area contributed by atoms with E-state index in [4.69, 9.17) is 0 Å². The lowest BCUT2D eigenvalue weighted by Gasteiger charge is -2.16. The lowest BCUT2D eigenvalue weighted by atomic mass is 10.0. The van der Waals surface area contributed by atoms with Gasteiger partial charge in [0.2, 0.25) is 0 Å². The fourth-order valence-electron chi connectivity index (χ4n) is 2.08. The third-order valence-electron chi connectivity index (χ3n) is 3.00. The molecule has 0 aliphatic carbocycles. The second kappa shape index (κ2) is 4.87. The van der Waals surface area contributed by atoms with Crippen LogP contribution in [0.2, 0.25) is 0 Å². The van der Waals surface area contributed by atoms with Gasteiger partial charge in [-0.1, -0.05) is 6.07 Å². The summed E-state index contributed by atoms with van der Waals surface area (Å²) in [5, 5.41) is 3.00. The molecule has 2 rings (SSSR count). The van der Waals surface area contributed by atoms with Crippen molar-refractivity contribution in [3.8, 4) is 0 Å². The summed E-state index contributed by atoms with van der Waals surface area (Å²) in [7, 11) is 0. The Kier molecular flexibility index (Phi) is 3.49. The molecule has 1 aliphatic heterocycles. The number of hydrogen-bond donors (Lipinski definition) is 1. The molecule has 88 valence electrons. The topological polar surface area (TPSA) is 12.0 Å². The molecule has 16 heavy (non-hydrogen) atoms. The van der Waals surface area contributed by atoms with Crippen molar-refractivity contribution in [1.29, 1.82) is 0 Å². The molecule has 0 spiro atoms. The van der Waals surface area contributed by atoms with Crippen LogP contribution in [0, 0.1) is 11.6 Å². The Morgan fingerprint density at radius 1 is 1.31 bits per heavy atom. The minimum Gasteiger partial charge on any atom is -0.311 e. The van der Waals surface area contributed by atoms with E-state index in [0.717, 1.165) is 31.5 Å². The van der Waals surface area contributed by atoms with Crippen LogP contribution in [0.3, 0.4) is 0 Å². The van der Waals surface area contributed by atoms with E-state index in [1.54, 1.807) is 0 Å². The van der Waals surface area contributed by atoms with Gasteiger partial charge in [-0.15, -0.1) is 0 Å². The molecule has 0 bridgehead atoms. The fourth-order valence-corrected chi connectivity index (χ4v) is 2.08. The van der Waals surface area contributed by atoms with Crippen molar-refractivity contribution >= 4 is 0 Å². The summed E-state index contributed by atoms with van der Waals surface area (Å²) >= 11 is 0. The summed E-state index contributed by atoms with van der Waals surface area (Å²) in [6.45, 7) is 0.783. The first kappa shape index (κ1) is 11.5. The van der Waals surface area contributed by atoms with Gasteiger partial charge in [-0.05, 0) is 31.5 Å². The number of hydrogen-bond acceptors (Lipinski definition) is 1. The van der Waals surface area contributed by atoms with Gasteiger partial charge in [-0.2, -0.15) is 0 Å². The Labute approximate surface area is 92.7 Å². The Balaban J connectivity index is 2.07. The summed E-state index contributed by atoms with van der Waals surface area (Å²) in [5.74, 6) is -1.33. The zero-order valence-corrected chi connectivity index (χ0v) is 8.85. The molecule has 0 radical (unpaired) electrons. The molecule has 0 aromatic heterocycles. The summed E-state index contributed by atoms with van der Waals surface area (Å²) in [6, 6.07) is 3.34. The molecule has 1 nitrogen and oxygen atoms in total. The Morgan fingerprint density at radius 3 is 2.56 bits per heavy atom. The Morgan fingerprint density at radius 2 is 2.00 bits per heavy atom. The van der Waals surface area contributed by atoms with Gasteiger partial charge in [0.15, 0.2) is 0 Å². The SMILES string of the molecule is Fc1cccc(F)c1CC(F)C1CCCN1. The average Bonchev–Trinajstić information content (AvgIpc) is 2.76. The van der Waals surface area contributed by atoms with Crippen LogP contribution in [-0.2, 0) is 6.42 Å². The number of nitrogens with one attached hydrogen (secondary N) is 1. The number of rotatable bonds is 3. The molecule has 2 atom stereocenters. The second-order valence-electron chi connectivity index (χ2n) is 4.12. The maximum absolute atomic E-state index is 13.8. The summed E-state index contributed by atoms with van der Waals surface area (Å²) in [6.07, 6.45) is 0.229. The minimum absolute atomic E-state index is 0.149. The minimum atomic E-state index is -1.23. The van der Waals surface area contributed by atoms with Gasteiger partial charge in [0.25, 0.3) is 0 Å². The third-order valence-corrected chi connectivity index (χ3v) is 3.00. The van der Waals surface area contributed by atoms with E-state index >= 15 is 0 Å². The summed E-state index contributed by atoms with van der Waals surface area (Å²) in [4.78, 5) is 0. The van der Waals surface area contributed by atoms with Gasteiger partial charge in [0.1, 0.15) is 17.8 Å². The van der Waals surface area contributed by atoms with Crippen LogP contribution >= 0.6 is 0 Å². The standard InChI is InChI=1S/C12H14F3N/c13-9-3-1-4-10(14)8(9)7-11(15)12-5-2-6-16-12/h1,3-4,11-12,16H,2,5-7H2. The monoisotopic (exact) mass is 229 g/mol. The average molecular weight is 229 g/mol. The molecule has 1 fully saturated rings. The molecule has 1 heterocycles. The molecular formula is C12H14F3N. The number of alkyl halides is 1. The van der Waals surface area contributed by atoms with Gasteiger partial charge in [-0.3, -0.25) is 0 Å². The Bertz CT molecular complexity index is 341. The number of halogens is 3. The summed E-state index contributed by atoms with van der Waals surface area (Å²) < 4.78 is 40.3. The molecule has 1 saturated heterocycles. The third kappa shape index (κ3) is 2.38. The highest BCUT2D eigenvalue weighted by molar-refractivity contribution is 5.20. The lowest BCUT2D eigenvalue weighted by Crippen LogP contribution is -2.33. The van der Waals surface area contributed by atoms with E-state index in [1.165, 1.54) is 6.07 Å². The fraction of sp³-hybridized carbons (Fsp3) is 0.500. The highest BCUT2D eigenvalue weighted by Crippen LogP contribution is 2.20. The quantitative estimate of drug-likeness (QED) is 0.840. The van der Waals surface area contributed by atoms with Gasteiger partial charge in [0.05, 0.1) is 0 Å². The Hall–Kier alpha value is -1.03.